The summed E-state index contributed by atoms with van der Waals surface area (Å²) in [6.07, 6.45) is 1.75. The number of hydrogen-bond donors (Lipinski definition) is 1. The van der Waals surface area contributed by atoms with E-state index in [0.717, 1.165) is 18.2 Å². The zero-order chi connectivity index (χ0) is 9.84. The molecule has 0 heterocycles. The van der Waals surface area contributed by atoms with Gasteiger partial charge >= 0.3 is 5.97 Å². The average Bonchev–Trinajstić information content (AvgIpc) is 2.07. The molecule has 68 valence electrons. The zero-order valence-corrected chi connectivity index (χ0v) is 6.50. The van der Waals surface area contributed by atoms with Gasteiger partial charge in [-0.25, -0.2) is 13.6 Å². The number of hydrogen-bond acceptors (Lipinski definition) is 1. The highest BCUT2D eigenvalue weighted by Crippen LogP contribution is 2.12. The van der Waals surface area contributed by atoms with Gasteiger partial charge in [0.05, 0.1) is 0 Å². The molecule has 0 saturated heterocycles. The van der Waals surface area contributed by atoms with E-state index >= 15 is 0 Å². The predicted molar refractivity (Wildman–Crippen MR) is 43.0 cm³/mol. The molecule has 0 unspecified atom stereocenters. The van der Waals surface area contributed by atoms with Gasteiger partial charge in [0.15, 0.2) is 11.6 Å². The second-order valence-corrected chi connectivity index (χ2v) is 2.31. The van der Waals surface area contributed by atoms with E-state index in [2.05, 4.69) is 0 Å². The zero-order valence-electron chi connectivity index (χ0n) is 6.50. The largest absolute Gasteiger partial charge is 0.478 e. The van der Waals surface area contributed by atoms with Crippen molar-refractivity contribution in [2.75, 3.05) is 0 Å². The molecular formula is C9H6F2O2. The third-order valence-corrected chi connectivity index (χ3v) is 1.39. The third-order valence-electron chi connectivity index (χ3n) is 1.39. The van der Waals surface area contributed by atoms with Gasteiger partial charge in [0.1, 0.15) is 0 Å². The molecule has 2 nitrogen and oxygen atoms in total. The summed E-state index contributed by atoms with van der Waals surface area (Å²) >= 11 is 0. The summed E-state index contributed by atoms with van der Waals surface area (Å²) in [6, 6.07) is 3.56. The lowest BCUT2D eigenvalue weighted by atomic mass is 10.2. The van der Waals surface area contributed by atoms with Crippen LogP contribution in [0.4, 0.5) is 8.78 Å². The molecule has 0 aliphatic heterocycles. The van der Waals surface area contributed by atoms with Gasteiger partial charge in [-0.3, -0.25) is 0 Å². The van der Waals surface area contributed by atoms with Gasteiger partial charge in [-0.2, -0.15) is 0 Å². The SMILES string of the molecule is O=C(O)C=Cc1cccc(F)c1F. The molecule has 1 aromatic carbocycles. The summed E-state index contributed by atoms with van der Waals surface area (Å²) in [5.41, 5.74) is -0.0811. The van der Waals surface area contributed by atoms with Crippen molar-refractivity contribution >= 4 is 12.0 Å². The van der Waals surface area contributed by atoms with Gasteiger partial charge < -0.3 is 5.11 Å². The highest BCUT2D eigenvalue weighted by molar-refractivity contribution is 5.85. The first-order chi connectivity index (χ1) is 6.11. The molecule has 0 spiro atoms. The van der Waals surface area contributed by atoms with Crippen LogP contribution in [0.15, 0.2) is 24.3 Å². The number of carboxylic acids is 1. The van der Waals surface area contributed by atoms with Crippen molar-refractivity contribution in [3.8, 4) is 0 Å². The van der Waals surface area contributed by atoms with Crippen LogP contribution in [0.1, 0.15) is 5.56 Å². The van der Waals surface area contributed by atoms with Crippen LogP contribution >= 0.6 is 0 Å². The molecule has 0 aliphatic carbocycles. The maximum absolute atomic E-state index is 12.8. The summed E-state index contributed by atoms with van der Waals surface area (Å²) in [6.45, 7) is 0. The minimum absolute atomic E-state index is 0.0811. The summed E-state index contributed by atoms with van der Waals surface area (Å²) in [5, 5.41) is 8.23. The lowest BCUT2D eigenvalue weighted by Crippen LogP contribution is -1.90. The third kappa shape index (κ3) is 2.37. The Morgan fingerprint density at radius 1 is 1.38 bits per heavy atom. The van der Waals surface area contributed by atoms with Crippen LogP contribution in [0.5, 0.6) is 0 Å². The first-order valence-corrected chi connectivity index (χ1v) is 3.46. The van der Waals surface area contributed by atoms with Crippen LogP contribution in [0.25, 0.3) is 6.08 Å². The lowest BCUT2D eigenvalue weighted by molar-refractivity contribution is -0.131. The smallest absolute Gasteiger partial charge is 0.328 e. The van der Waals surface area contributed by atoms with E-state index in [9.17, 15) is 13.6 Å². The molecular weight excluding hydrogens is 178 g/mol. The van der Waals surface area contributed by atoms with Crippen LogP contribution in [0.2, 0.25) is 0 Å². The van der Waals surface area contributed by atoms with Crippen molar-refractivity contribution in [1.82, 2.24) is 0 Å². The Bertz CT molecular complexity index is 359. The van der Waals surface area contributed by atoms with E-state index in [1.54, 1.807) is 0 Å². The predicted octanol–water partition coefficient (Wildman–Crippen LogP) is 2.06. The van der Waals surface area contributed by atoms with Crippen molar-refractivity contribution in [2.45, 2.75) is 0 Å². The van der Waals surface area contributed by atoms with Crippen LogP contribution in [0, 0.1) is 11.6 Å². The summed E-state index contributed by atoms with van der Waals surface area (Å²) in [7, 11) is 0. The van der Waals surface area contributed by atoms with Gasteiger partial charge in [-0.1, -0.05) is 12.1 Å². The van der Waals surface area contributed by atoms with Crippen LogP contribution in [-0.2, 0) is 4.79 Å². The highest BCUT2D eigenvalue weighted by atomic mass is 19.2. The fourth-order valence-corrected chi connectivity index (χ4v) is 0.810. The average molecular weight is 184 g/mol. The minimum Gasteiger partial charge on any atom is -0.478 e. The fourth-order valence-electron chi connectivity index (χ4n) is 0.810. The molecule has 1 aromatic rings. The number of carboxylic acid groups (broad SMARTS) is 1. The molecule has 0 aliphatic rings. The van der Waals surface area contributed by atoms with Crippen molar-refractivity contribution in [3.05, 3.63) is 41.5 Å². The van der Waals surface area contributed by atoms with Gasteiger partial charge in [0.2, 0.25) is 0 Å². The molecule has 0 bridgehead atoms. The Hall–Kier alpha value is -1.71. The molecule has 0 aromatic heterocycles. The molecule has 1 N–H and O–H groups in total. The molecule has 0 atom stereocenters. The van der Waals surface area contributed by atoms with Crippen molar-refractivity contribution in [3.63, 3.8) is 0 Å². The molecule has 0 amide bonds. The Balaban J connectivity index is 3.02. The number of aliphatic carboxylic acids is 1. The van der Waals surface area contributed by atoms with Gasteiger partial charge in [-0.15, -0.1) is 0 Å². The van der Waals surface area contributed by atoms with E-state index in [-0.39, 0.29) is 5.56 Å². The molecule has 13 heavy (non-hydrogen) atoms. The Kier molecular flexibility index (Phi) is 2.74. The summed E-state index contributed by atoms with van der Waals surface area (Å²) in [5.74, 6) is -3.24. The molecule has 0 radical (unpaired) electrons. The van der Waals surface area contributed by atoms with Crippen molar-refractivity contribution in [1.29, 1.82) is 0 Å². The fraction of sp³-hybridized carbons (Fsp3) is 0. The number of rotatable bonds is 2. The topological polar surface area (TPSA) is 37.3 Å². The van der Waals surface area contributed by atoms with Crippen LogP contribution in [-0.4, -0.2) is 11.1 Å². The van der Waals surface area contributed by atoms with E-state index in [1.807, 2.05) is 0 Å². The second kappa shape index (κ2) is 3.80. The maximum Gasteiger partial charge on any atom is 0.328 e. The highest BCUT2D eigenvalue weighted by Gasteiger charge is 2.04. The van der Waals surface area contributed by atoms with Gasteiger partial charge in [0, 0.05) is 11.6 Å². The van der Waals surface area contributed by atoms with E-state index in [4.69, 9.17) is 5.11 Å². The van der Waals surface area contributed by atoms with E-state index < -0.39 is 17.6 Å². The Morgan fingerprint density at radius 3 is 2.69 bits per heavy atom. The monoisotopic (exact) mass is 184 g/mol. The standard InChI is InChI=1S/C9H6F2O2/c10-7-3-1-2-6(9(7)11)4-5-8(12)13/h1-5H,(H,12,13). The second-order valence-electron chi connectivity index (χ2n) is 2.31. The van der Waals surface area contributed by atoms with Gasteiger partial charge in [0.25, 0.3) is 0 Å². The maximum atomic E-state index is 12.8. The summed E-state index contributed by atoms with van der Waals surface area (Å²) in [4.78, 5) is 10.1. The first kappa shape index (κ1) is 9.38. The molecule has 0 saturated carbocycles. The molecule has 4 heteroatoms. The van der Waals surface area contributed by atoms with Crippen LogP contribution in [0.3, 0.4) is 0 Å². The molecule has 1 rings (SSSR count). The Labute approximate surface area is 73.1 Å². The van der Waals surface area contributed by atoms with Gasteiger partial charge in [-0.05, 0) is 12.1 Å². The van der Waals surface area contributed by atoms with Crippen molar-refractivity contribution < 1.29 is 18.7 Å². The number of carbonyl (C=O) groups is 1. The number of halogens is 2. The quantitative estimate of drug-likeness (QED) is 0.714. The molecule has 0 fully saturated rings. The van der Waals surface area contributed by atoms with Crippen molar-refractivity contribution in [2.24, 2.45) is 0 Å². The van der Waals surface area contributed by atoms with E-state index in [0.29, 0.717) is 0 Å². The Morgan fingerprint density at radius 2 is 2.08 bits per heavy atom. The lowest BCUT2D eigenvalue weighted by Gasteiger charge is -1.95. The normalized spacial score (nSPS) is 10.6. The summed E-state index contributed by atoms with van der Waals surface area (Å²) < 4.78 is 25.4. The van der Waals surface area contributed by atoms with E-state index in [1.165, 1.54) is 12.1 Å². The minimum atomic E-state index is -1.20. The first-order valence-electron chi connectivity index (χ1n) is 3.46. The van der Waals surface area contributed by atoms with Crippen LogP contribution < -0.4 is 0 Å². The number of benzene rings is 1.